The van der Waals surface area contributed by atoms with Crippen LogP contribution in [0.4, 0.5) is 0 Å². The van der Waals surface area contributed by atoms with Crippen LogP contribution in [0.2, 0.25) is 0 Å². The fraction of sp³-hybridized carbons (Fsp3) is 0.467. The monoisotopic (exact) mass is 578 g/mol. The molecule has 3 aromatic heterocycles. The number of aryl methyl sites for hydroxylation is 1. The van der Waals surface area contributed by atoms with E-state index in [4.69, 9.17) is 4.74 Å². The van der Waals surface area contributed by atoms with Gasteiger partial charge in [-0.3, -0.25) is 4.79 Å². The second kappa shape index (κ2) is 11.5. The predicted molar refractivity (Wildman–Crippen MR) is 156 cm³/mol. The van der Waals surface area contributed by atoms with E-state index in [1.165, 1.54) is 22.7 Å². The zero-order chi connectivity index (χ0) is 27.6. The van der Waals surface area contributed by atoms with Gasteiger partial charge < -0.3 is 14.7 Å². The van der Waals surface area contributed by atoms with Crippen molar-refractivity contribution >= 4 is 46.0 Å². The van der Waals surface area contributed by atoms with Crippen molar-refractivity contribution in [1.82, 2.24) is 19.9 Å². The van der Waals surface area contributed by atoms with Crippen molar-refractivity contribution in [3.63, 3.8) is 0 Å². The van der Waals surface area contributed by atoms with Crippen LogP contribution in [0.1, 0.15) is 65.1 Å². The summed E-state index contributed by atoms with van der Waals surface area (Å²) in [5.74, 6) is -0.558. The third-order valence-electron chi connectivity index (χ3n) is 8.55. The average molecular weight is 579 g/mol. The van der Waals surface area contributed by atoms with Crippen LogP contribution in [0.25, 0.3) is 11.0 Å². The maximum Gasteiger partial charge on any atom is 0.349 e. The van der Waals surface area contributed by atoms with Crippen molar-refractivity contribution in [3.8, 4) is 0 Å². The Bertz CT molecular complexity index is 1410. The van der Waals surface area contributed by atoms with Gasteiger partial charge in [0.15, 0.2) is 0 Å². The molecule has 1 spiro atoms. The van der Waals surface area contributed by atoms with Crippen molar-refractivity contribution < 1.29 is 19.4 Å². The van der Waals surface area contributed by atoms with E-state index >= 15 is 0 Å². The topological polar surface area (TPSA) is 97.5 Å². The maximum absolute atomic E-state index is 13.3. The standard InChI is InChI=1S/C30H34N4O4S2/c35-21-22-8-9-25-24(18-22)31-32-34(25)14-2-1-12-33-13-5-10-29(11-15-33)19-23(20-29)38-28(36)30(37,26-6-3-16-39-26)27-7-4-17-40-27/h3-4,6-9,16-18,21,23,37H,1-2,5,10-15,19-20H2. The number of aliphatic hydroxyl groups is 1. The number of carbonyl (C=O) groups excluding carboxylic acids is 2. The number of ether oxygens (including phenoxy) is 1. The zero-order valence-electron chi connectivity index (χ0n) is 22.4. The Morgan fingerprint density at radius 3 is 2.52 bits per heavy atom. The number of hydrogen-bond donors (Lipinski definition) is 1. The highest BCUT2D eigenvalue weighted by Crippen LogP contribution is 2.51. The summed E-state index contributed by atoms with van der Waals surface area (Å²) in [4.78, 5) is 28.1. The third-order valence-corrected chi connectivity index (χ3v) is 10.5. The molecule has 0 radical (unpaired) electrons. The summed E-state index contributed by atoms with van der Waals surface area (Å²) in [5, 5.41) is 23.7. The molecule has 6 rings (SSSR count). The van der Waals surface area contributed by atoms with Crippen molar-refractivity contribution in [1.29, 1.82) is 0 Å². The van der Waals surface area contributed by atoms with Gasteiger partial charge in [-0.15, -0.1) is 27.8 Å². The molecule has 1 aromatic carbocycles. The molecule has 2 aliphatic rings. The number of benzene rings is 1. The molecule has 0 unspecified atom stereocenters. The molecule has 1 saturated carbocycles. The Hall–Kier alpha value is -2.92. The summed E-state index contributed by atoms with van der Waals surface area (Å²) in [6.07, 6.45) is 7.99. The normalized spacial score (nSPS) is 21.8. The van der Waals surface area contributed by atoms with Gasteiger partial charge in [0.2, 0.25) is 5.60 Å². The molecule has 40 heavy (non-hydrogen) atoms. The van der Waals surface area contributed by atoms with Gasteiger partial charge in [0, 0.05) is 12.1 Å². The minimum Gasteiger partial charge on any atom is -0.460 e. The summed E-state index contributed by atoms with van der Waals surface area (Å²) in [6.45, 7) is 4.04. The van der Waals surface area contributed by atoms with Gasteiger partial charge >= 0.3 is 5.97 Å². The van der Waals surface area contributed by atoms with Crippen LogP contribution in [0, 0.1) is 5.41 Å². The average Bonchev–Trinajstić information content (AvgIpc) is 3.72. The number of nitrogens with zero attached hydrogens (tertiary/aromatic N) is 4. The second-order valence-corrected chi connectivity index (χ2v) is 13.1. The van der Waals surface area contributed by atoms with Gasteiger partial charge in [0.1, 0.15) is 17.9 Å². The van der Waals surface area contributed by atoms with Gasteiger partial charge in [-0.05, 0) is 111 Å². The zero-order valence-corrected chi connectivity index (χ0v) is 24.0. The molecule has 0 bridgehead atoms. The fourth-order valence-electron chi connectivity index (χ4n) is 6.28. The second-order valence-electron chi connectivity index (χ2n) is 11.2. The summed E-state index contributed by atoms with van der Waals surface area (Å²) in [5.41, 5.74) is 0.848. The van der Waals surface area contributed by atoms with Crippen molar-refractivity contribution in [2.24, 2.45) is 5.41 Å². The highest BCUT2D eigenvalue weighted by Gasteiger charge is 2.50. The van der Waals surface area contributed by atoms with Crippen molar-refractivity contribution in [3.05, 3.63) is 68.5 Å². The number of hydrogen-bond acceptors (Lipinski definition) is 9. The molecular weight excluding hydrogens is 544 g/mol. The molecule has 1 saturated heterocycles. The van der Waals surface area contributed by atoms with Gasteiger partial charge in [-0.25, -0.2) is 9.48 Å². The molecule has 8 nitrogen and oxygen atoms in total. The van der Waals surface area contributed by atoms with E-state index in [-0.39, 0.29) is 11.5 Å². The quantitative estimate of drug-likeness (QED) is 0.156. The number of thiophene rings is 2. The summed E-state index contributed by atoms with van der Waals surface area (Å²) >= 11 is 2.75. The van der Waals surface area contributed by atoms with Crippen molar-refractivity contribution in [2.45, 2.75) is 63.2 Å². The third kappa shape index (κ3) is 5.37. The van der Waals surface area contributed by atoms with E-state index in [1.807, 2.05) is 39.7 Å². The molecule has 1 aliphatic carbocycles. The van der Waals surface area contributed by atoms with Gasteiger partial charge in [-0.1, -0.05) is 17.3 Å². The van der Waals surface area contributed by atoms with Gasteiger partial charge in [-0.2, -0.15) is 0 Å². The highest BCUT2D eigenvalue weighted by molar-refractivity contribution is 7.12. The van der Waals surface area contributed by atoms with E-state index in [0.717, 1.165) is 88.4 Å². The van der Waals surface area contributed by atoms with Crippen LogP contribution in [0.15, 0.2) is 53.2 Å². The van der Waals surface area contributed by atoms with E-state index in [1.54, 1.807) is 18.2 Å². The first-order valence-corrected chi connectivity index (χ1v) is 15.8. The number of fused-ring (bicyclic) bond motifs is 1. The van der Waals surface area contributed by atoms with Crippen LogP contribution in [-0.2, 0) is 21.7 Å². The first-order chi connectivity index (χ1) is 19.5. The molecule has 0 atom stereocenters. The number of aromatic nitrogens is 3. The molecule has 210 valence electrons. The summed E-state index contributed by atoms with van der Waals surface area (Å²) in [7, 11) is 0. The Balaban J connectivity index is 0.966. The van der Waals surface area contributed by atoms with E-state index in [2.05, 4.69) is 15.2 Å². The van der Waals surface area contributed by atoms with E-state index in [0.29, 0.717) is 15.3 Å². The fourth-order valence-corrected chi connectivity index (χ4v) is 8.00. The molecular formula is C30H34N4O4S2. The Morgan fingerprint density at radius 1 is 1.07 bits per heavy atom. The SMILES string of the molecule is O=Cc1ccc2c(c1)nnn2CCCCN1CCCC2(CC1)CC(OC(=O)C(O)(c1cccs1)c1cccs1)C2. The van der Waals surface area contributed by atoms with E-state index < -0.39 is 11.6 Å². The first kappa shape index (κ1) is 27.3. The van der Waals surface area contributed by atoms with Crippen LogP contribution >= 0.6 is 22.7 Å². The van der Waals surface area contributed by atoms with Crippen LogP contribution < -0.4 is 0 Å². The number of unbranched alkanes of at least 4 members (excludes halogenated alkanes) is 1. The maximum atomic E-state index is 13.3. The number of rotatable bonds is 10. The molecule has 4 heterocycles. The number of aldehydes is 1. The molecule has 0 amide bonds. The summed E-state index contributed by atoms with van der Waals surface area (Å²) < 4.78 is 7.86. The Kier molecular flexibility index (Phi) is 7.85. The van der Waals surface area contributed by atoms with Crippen molar-refractivity contribution in [2.75, 3.05) is 19.6 Å². The predicted octanol–water partition coefficient (Wildman–Crippen LogP) is 5.26. The molecule has 1 aliphatic heterocycles. The first-order valence-electron chi connectivity index (χ1n) is 14.0. The highest BCUT2D eigenvalue weighted by atomic mass is 32.1. The molecule has 10 heteroatoms. The van der Waals surface area contributed by atoms with Gasteiger partial charge in [0.05, 0.1) is 15.3 Å². The minimum absolute atomic E-state index is 0.134. The minimum atomic E-state index is -1.73. The molecule has 2 fully saturated rings. The lowest BCUT2D eigenvalue weighted by Gasteiger charge is -2.47. The lowest BCUT2D eigenvalue weighted by atomic mass is 9.62. The van der Waals surface area contributed by atoms with E-state index in [9.17, 15) is 14.7 Å². The van der Waals surface area contributed by atoms with Crippen LogP contribution in [0.3, 0.4) is 0 Å². The lowest BCUT2D eigenvalue weighted by molar-refractivity contribution is -0.179. The number of likely N-dealkylation sites (tertiary alicyclic amines) is 1. The Morgan fingerprint density at radius 2 is 1.82 bits per heavy atom. The smallest absolute Gasteiger partial charge is 0.349 e. The molecule has 1 N–H and O–H groups in total. The number of esters is 1. The van der Waals surface area contributed by atoms with Crippen LogP contribution in [0.5, 0.6) is 0 Å². The largest absolute Gasteiger partial charge is 0.460 e. The van der Waals surface area contributed by atoms with Crippen LogP contribution in [-0.4, -0.2) is 63.0 Å². The lowest BCUT2D eigenvalue weighted by Crippen LogP contribution is -2.47. The van der Waals surface area contributed by atoms with Gasteiger partial charge in [0.25, 0.3) is 0 Å². The molecule has 4 aromatic rings. The Labute approximate surface area is 241 Å². The number of carbonyl (C=O) groups is 2. The summed E-state index contributed by atoms with van der Waals surface area (Å²) in [6, 6.07) is 12.8.